The molecule has 0 aliphatic carbocycles. The van der Waals surface area contributed by atoms with Gasteiger partial charge in [-0.05, 0) is 50.6 Å². The van der Waals surface area contributed by atoms with Crippen LogP contribution in [0.25, 0.3) is 0 Å². The van der Waals surface area contributed by atoms with E-state index in [2.05, 4.69) is 28.8 Å². The van der Waals surface area contributed by atoms with Crippen LogP contribution >= 0.6 is 0 Å². The fraction of sp³-hybridized carbons (Fsp3) is 0.350. The summed E-state index contributed by atoms with van der Waals surface area (Å²) in [4.78, 5) is 14.4. The number of sulfonamides is 1. The number of amides is 1. The summed E-state index contributed by atoms with van der Waals surface area (Å²) in [6, 6.07) is 12.6. The Morgan fingerprint density at radius 2 is 1.75 bits per heavy atom. The number of carbonyl (C=O) groups excluding carboxylic acids is 1. The maximum absolute atomic E-state index is 12.2. The van der Waals surface area contributed by atoms with Crippen LogP contribution in [0.5, 0.6) is 0 Å². The monoisotopic (exact) mass is 405 g/mol. The third kappa shape index (κ3) is 6.16. The zero-order chi connectivity index (χ0) is 20.7. The molecule has 2 aromatic rings. The molecule has 0 bridgehead atoms. The second-order valence-electron chi connectivity index (χ2n) is 6.40. The summed E-state index contributed by atoms with van der Waals surface area (Å²) < 4.78 is 30.6. The molecule has 7 nitrogen and oxygen atoms in total. The van der Waals surface area contributed by atoms with Crippen LogP contribution in [-0.4, -0.2) is 33.9 Å². The normalized spacial score (nSPS) is 11.0. The second-order valence-corrected chi connectivity index (χ2v) is 8.15. The molecule has 8 heteroatoms. The molecule has 152 valence electrons. The van der Waals surface area contributed by atoms with Crippen molar-refractivity contribution < 1.29 is 17.9 Å². The Morgan fingerprint density at radius 3 is 2.36 bits per heavy atom. The van der Waals surface area contributed by atoms with Crippen molar-refractivity contribution in [1.29, 1.82) is 0 Å². The van der Waals surface area contributed by atoms with E-state index in [0.29, 0.717) is 16.9 Å². The van der Waals surface area contributed by atoms with Crippen molar-refractivity contribution in [2.75, 3.05) is 34.3 Å². The molecule has 0 heterocycles. The highest BCUT2D eigenvalue weighted by Crippen LogP contribution is 2.23. The van der Waals surface area contributed by atoms with Crippen molar-refractivity contribution >= 4 is 33.2 Å². The van der Waals surface area contributed by atoms with E-state index in [0.717, 1.165) is 30.6 Å². The van der Waals surface area contributed by atoms with Gasteiger partial charge in [0.2, 0.25) is 10.0 Å². The highest BCUT2D eigenvalue weighted by atomic mass is 32.2. The number of hydrogen-bond donors (Lipinski definition) is 2. The van der Waals surface area contributed by atoms with Crippen LogP contribution in [-0.2, 0) is 21.4 Å². The van der Waals surface area contributed by atoms with Gasteiger partial charge in [-0.15, -0.1) is 0 Å². The predicted octanol–water partition coefficient (Wildman–Crippen LogP) is 3.96. The molecule has 28 heavy (non-hydrogen) atoms. The van der Waals surface area contributed by atoms with E-state index < -0.39 is 16.1 Å². The van der Waals surface area contributed by atoms with Gasteiger partial charge < -0.3 is 9.64 Å². The first-order chi connectivity index (χ1) is 13.2. The number of nitrogens with one attached hydrogen (secondary N) is 2. The molecule has 1 amide bonds. The van der Waals surface area contributed by atoms with E-state index in [1.165, 1.54) is 0 Å². The van der Waals surface area contributed by atoms with Gasteiger partial charge in [0.1, 0.15) is 6.61 Å². The lowest BCUT2D eigenvalue weighted by molar-refractivity contribution is 0.155. The Morgan fingerprint density at radius 1 is 1.07 bits per heavy atom. The summed E-state index contributed by atoms with van der Waals surface area (Å²) in [6.45, 7) is 7.88. The van der Waals surface area contributed by atoms with Crippen LogP contribution < -0.4 is 14.9 Å². The van der Waals surface area contributed by atoms with E-state index in [4.69, 9.17) is 4.74 Å². The third-order valence-electron chi connectivity index (χ3n) is 4.25. The Kier molecular flexibility index (Phi) is 7.28. The van der Waals surface area contributed by atoms with E-state index in [1.807, 2.05) is 25.1 Å². The predicted molar refractivity (Wildman–Crippen MR) is 113 cm³/mol. The van der Waals surface area contributed by atoms with Gasteiger partial charge in [-0.25, -0.2) is 13.2 Å². The summed E-state index contributed by atoms with van der Waals surface area (Å²) in [7, 11) is -3.42. The number of benzene rings is 2. The first-order valence-electron chi connectivity index (χ1n) is 9.08. The average molecular weight is 406 g/mol. The lowest BCUT2D eigenvalue weighted by Crippen LogP contribution is -2.22. The minimum Gasteiger partial charge on any atom is -0.444 e. The molecule has 0 unspecified atom stereocenters. The van der Waals surface area contributed by atoms with Crippen molar-refractivity contribution in [3.8, 4) is 0 Å². The zero-order valence-electron chi connectivity index (χ0n) is 16.7. The van der Waals surface area contributed by atoms with E-state index in [9.17, 15) is 13.2 Å². The van der Waals surface area contributed by atoms with E-state index >= 15 is 0 Å². The lowest BCUT2D eigenvalue weighted by Gasteiger charge is -2.22. The summed E-state index contributed by atoms with van der Waals surface area (Å²) in [5, 5.41) is 2.73. The van der Waals surface area contributed by atoms with Gasteiger partial charge in [0.15, 0.2) is 0 Å². The molecular formula is C20H27N3O4S. The molecule has 0 saturated heterocycles. The summed E-state index contributed by atoms with van der Waals surface area (Å²) >= 11 is 0. The summed E-state index contributed by atoms with van der Waals surface area (Å²) in [6.07, 6.45) is 0.468. The molecular weight excluding hydrogens is 378 g/mol. The Bertz CT molecular complexity index is 925. The fourth-order valence-electron chi connectivity index (χ4n) is 2.81. The Balaban J connectivity index is 2.02. The molecule has 0 radical (unpaired) electrons. The fourth-order valence-corrected chi connectivity index (χ4v) is 3.41. The molecule has 2 N–H and O–H groups in total. The van der Waals surface area contributed by atoms with Gasteiger partial charge in [-0.3, -0.25) is 10.0 Å². The van der Waals surface area contributed by atoms with Crippen LogP contribution in [0, 0.1) is 6.92 Å². The van der Waals surface area contributed by atoms with Crippen LogP contribution in [0.3, 0.4) is 0 Å². The van der Waals surface area contributed by atoms with E-state index in [-0.39, 0.29) is 6.61 Å². The van der Waals surface area contributed by atoms with Crippen LogP contribution in [0.1, 0.15) is 25.0 Å². The average Bonchev–Trinajstić information content (AvgIpc) is 2.63. The number of nitrogens with zero attached hydrogens (tertiary/aromatic N) is 1. The van der Waals surface area contributed by atoms with E-state index in [1.54, 1.807) is 24.3 Å². The molecule has 2 aromatic carbocycles. The Hall–Kier alpha value is -2.74. The smallest absolute Gasteiger partial charge is 0.411 e. The molecule has 0 fully saturated rings. The molecule has 0 aliphatic heterocycles. The standard InChI is InChI=1S/C20H27N3O4S/c1-5-23(6-2)17-11-12-18(15(3)13-17)21-20(24)27-14-16-9-7-8-10-19(16)22-28(4,25)26/h7-13,22H,5-6,14H2,1-4H3,(H,21,24). The molecule has 0 atom stereocenters. The first-order valence-corrected chi connectivity index (χ1v) is 11.0. The molecule has 0 saturated carbocycles. The zero-order valence-corrected chi connectivity index (χ0v) is 17.5. The van der Waals surface area contributed by atoms with Gasteiger partial charge in [-0.1, -0.05) is 18.2 Å². The number of ether oxygens (including phenoxy) is 1. The molecule has 0 spiro atoms. The molecule has 0 aromatic heterocycles. The number of anilines is 3. The maximum Gasteiger partial charge on any atom is 0.411 e. The largest absolute Gasteiger partial charge is 0.444 e. The highest BCUT2D eigenvalue weighted by Gasteiger charge is 2.11. The van der Waals surface area contributed by atoms with Crippen LogP contribution in [0.2, 0.25) is 0 Å². The third-order valence-corrected chi connectivity index (χ3v) is 4.84. The quantitative estimate of drug-likeness (QED) is 0.694. The number of aryl methyl sites for hydroxylation is 1. The summed E-state index contributed by atoms with van der Waals surface area (Å²) in [5.41, 5.74) is 3.65. The number of para-hydroxylation sites is 1. The van der Waals surface area contributed by atoms with Gasteiger partial charge in [0, 0.05) is 30.0 Å². The Labute approximate surface area is 166 Å². The molecule has 0 aliphatic rings. The minimum absolute atomic E-state index is 0.0545. The maximum atomic E-state index is 12.2. The first kappa shape index (κ1) is 21.6. The second kappa shape index (κ2) is 9.45. The number of rotatable bonds is 8. The topological polar surface area (TPSA) is 87.7 Å². The van der Waals surface area contributed by atoms with Gasteiger partial charge in [0.05, 0.1) is 11.9 Å². The van der Waals surface area contributed by atoms with Gasteiger partial charge in [-0.2, -0.15) is 0 Å². The highest BCUT2D eigenvalue weighted by molar-refractivity contribution is 7.92. The molecule has 2 rings (SSSR count). The van der Waals surface area contributed by atoms with Crippen molar-refractivity contribution in [1.82, 2.24) is 0 Å². The van der Waals surface area contributed by atoms with Crippen LogP contribution in [0.15, 0.2) is 42.5 Å². The lowest BCUT2D eigenvalue weighted by atomic mass is 10.1. The number of hydrogen-bond acceptors (Lipinski definition) is 5. The van der Waals surface area contributed by atoms with Crippen molar-refractivity contribution in [2.45, 2.75) is 27.4 Å². The SMILES string of the molecule is CCN(CC)c1ccc(NC(=O)OCc2ccccc2NS(C)(=O)=O)c(C)c1. The minimum atomic E-state index is -3.42. The van der Waals surface area contributed by atoms with Gasteiger partial charge in [0.25, 0.3) is 0 Å². The van der Waals surface area contributed by atoms with Crippen molar-refractivity contribution in [2.24, 2.45) is 0 Å². The van der Waals surface area contributed by atoms with Gasteiger partial charge >= 0.3 is 6.09 Å². The van der Waals surface area contributed by atoms with Crippen molar-refractivity contribution in [3.63, 3.8) is 0 Å². The van der Waals surface area contributed by atoms with Crippen molar-refractivity contribution in [3.05, 3.63) is 53.6 Å². The van der Waals surface area contributed by atoms with Crippen LogP contribution in [0.4, 0.5) is 21.9 Å². The number of carbonyl (C=O) groups is 1. The summed E-state index contributed by atoms with van der Waals surface area (Å²) in [5.74, 6) is 0.